The molecule has 6 nitrogen and oxygen atoms in total. The van der Waals surface area contributed by atoms with Crippen LogP contribution in [-0.2, 0) is 19.2 Å². The molecule has 120 valence electrons. The van der Waals surface area contributed by atoms with Crippen LogP contribution in [0, 0.1) is 17.8 Å². The number of nitrogens with zero attached hydrogens (tertiary/aromatic N) is 2. The monoisotopic (exact) mass is 306 g/mol. The summed E-state index contributed by atoms with van der Waals surface area (Å²) in [6, 6.07) is 0. The van der Waals surface area contributed by atoms with E-state index < -0.39 is 0 Å². The third kappa shape index (κ3) is 2.91. The van der Waals surface area contributed by atoms with Gasteiger partial charge in [-0.1, -0.05) is 6.92 Å². The number of amides is 2. The van der Waals surface area contributed by atoms with Crippen LogP contribution >= 0.6 is 0 Å². The Morgan fingerprint density at radius 2 is 1.18 bits per heavy atom. The van der Waals surface area contributed by atoms with Gasteiger partial charge in [0.1, 0.15) is 11.6 Å². The number of rotatable bonds is 2. The van der Waals surface area contributed by atoms with Crippen molar-refractivity contribution in [3.05, 3.63) is 0 Å². The minimum absolute atomic E-state index is 0.0552. The first-order chi connectivity index (χ1) is 10.4. The van der Waals surface area contributed by atoms with Gasteiger partial charge < -0.3 is 9.80 Å². The first kappa shape index (κ1) is 15.2. The van der Waals surface area contributed by atoms with E-state index >= 15 is 0 Å². The molecule has 0 aromatic rings. The van der Waals surface area contributed by atoms with Gasteiger partial charge in [0.05, 0.1) is 11.8 Å². The zero-order valence-electron chi connectivity index (χ0n) is 12.9. The van der Waals surface area contributed by atoms with Gasteiger partial charge in [0.15, 0.2) is 0 Å². The minimum atomic E-state index is -0.147. The van der Waals surface area contributed by atoms with Crippen LogP contribution in [0.3, 0.4) is 0 Å². The first-order valence-electron chi connectivity index (χ1n) is 8.05. The van der Waals surface area contributed by atoms with Gasteiger partial charge in [0.2, 0.25) is 11.8 Å². The highest BCUT2D eigenvalue weighted by molar-refractivity contribution is 5.97. The summed E-state index contributed by atoms with van der Waals surface area (Å²) in [5.41, 5.74) is 0. The van der Waals surface area contributed by atoms with E-state index in [0.29, 0.717) is 51.9 Å². The van der Waals surface area contributed by atoms with Gasteiger partial charge in [-0.2, -0.15) is 0 Å². The smallest absolute Gasteiger partial charge is 0.226 e. The van der Waals surface area contributed by atoms with E-state index in [2.05, 4.69) is 0 Å². The fraction of sp³-hybridized carbons (Fsp3) is 0.750. The van der Waals surface area contributed by atoms with Gasteiger partial charge in [-0.25, -0.2) is 0 Å². The molecule has 6 heteroatoms. The Bertz CT molecular complexity index is 468. The molecule has 0 aromatic heterocycles. The summed E-state index contributed by atoms with van der Waals surface area (Å²) in [5, 5.41) is 0. The van der Waals surface area contributed by atoms with Gasteiger partial charge in [-0.15, -0.1) is 0 Å². The number of carbonyl (C=O) groups excluding carboxylic acids is 4. The van der Waals surface area contributed by atoms with E-state index in [4.69, 9.17) is 0 Å². The SMILES string of the molecule is CC1CN(C(=O)C2CC(=O)C2)CCN(C(=O)C2CC(=O)C2)C1. The van der Waals surface area contributed by atoms with Gasteiger partial charge in [-0.3, -0.25) is 19.2 Å². The quantitative estimate of drug-likeness (QED) is 0.733. The minimum Gasteiger partial charge on any atom is -0.340 e. The molecule has 2 aliphatic carbocycles. The van der Waals surface area contributed by atoms with E-state index in [0.717, 1.165) is 0 Å². The van der Waals surface area contributed by atoms with Crippen molar-refractivity contribution >= 4 is 23.4 Å². The predicted molar refractivity (Wildman–Crippen MR) is 77.8 cm³/mol. The first-order valence-corrected chi connectivity index (χ1v) is 8.05. The molecule has 1 aliphatic heterocycles. The summed E-state index contributed by atoms with van der Waals surface area (Å²) in [7, 11) is 0. The predicted octanol–water partition coefficient (Wildman–Crippen LogP) is 0.252. The second-order valence-electron chi connectivity index (χ2n) is 6.96. The molecule has 22 heavy (non-hydrogen) atoms. The summed E-state index contributed by atoms with van der Waals surface area (Å²) < 4.78 is 0. The van der Waals surface area contributed by atoms with E-state index in [1.54, 1.807) is 9.80 Å². The Morgan fingerprint density at radius 1 is 0.818 bits per heavy atom. The lowest BCUT2D eigenvalue weighted by atomic mass is 9.83. The molecule has 3 rings (SSSR count). The van der Waals surface area contributed by atoms with Crippen LogP contribution in [0.4, 0.5) is 0 Å². The van der Waals surface area contributed by atoms with Crippen molar-refractivity contribution in [1.29, 1.82) is 0 Å². The summed E-state index contributed by atoms with van der Waals surface area (Å²) in [6.45, 7) is 4.36. The molecule has 3 fully saturated rings. The average Bonchev–Trinajstić information content (AvgIpc) is 2.61. The standard InChI is InChI=1S/C16H22N2O4/c1-10-8-17(15(21)11-4-13(19)5-11)2-3-18(9-10)16(22)12-6-14(20)7-12/h10-12H,2-9H2,1H3. The molecule has 1 heterocycles. The van der Waals surface area contributed by atoms with Crippen molar-refractivity contribution in [1.82, 2.24) is 9.80 Å². The highest BCUT2D eigenvalue weighted by atomic mass is 16.2. The van der Waals surface area contributed by atoms with Crippen molar-refractivity contribution in [3.8, 4) is 0 Å². The van der Waals surface area contributed by atoms with E-state index in [9.17, 15) is 19.2 Å². The summed E-state index contributed by atoms with van der Waals surface area (Å²) in [5.74, 6) is 0.346. The molecule has 2 amide bonds. The Balaban J connectivity index is 1.58. The molecule has 1 saturated heterocycles. The van der Waals surface area contributed by atoms with Crippen molar-refractivity contribution in [3.63, 3.8) is 0 Å². The molecule has 0 N–H and O–H groups in total. The molecule has 0 bridgehead atoms. The Kier molecular flexibility index (Phi) is 4.02. The Hall–Kier alpha value is -1.72. The van der Waals surface area contributed by atoms with E-state index in [1.807, 2.05) is 6.92 Å². The molecule has 0 radical (unpaired) electrons. The molecular formula is C16H22N2O4. The van der Waals surface area contributed by atoms with E-state index in [1.165, 1.54) is 0 Å². The van der Waals surface area contributed by atoms with Crippen molar-refractivity contribution in [2.24, 2.45) is 17.8 Å². The summed E-state index contributed by atoms with van der Waals surface area (Å²) in [4.78, 5) is 50.5. The molecule has 0 aromatic carbocycles. The van der Waals surface area contributed by atoms with Crippen LogP contribution in [0.15, 0.2) is 0 Å². The van der Waals surface area contributed by atoms with Crippen LogP contribution in [0.2, 0.25) is 0 Å². The average molecular weight is 306 g/mol. The van der Waals surface area contributed by atoms with Gasteiger partial charge >= 0.3 is 0 Å². The lowest BCUT2D eigenvalue weighted by Gasteiger charge is -2.31. The molecule has 0 unspecified atom stereocenters. The fourth-order valence-electron chi connectivity index (χ4n) is 3.48. The number of Topliss-reactive ketones (excluding diaryl/α,β-unsaturated/α-hetero) is 2. The fourth-order valence-corrected chi connectivity index (χ4v) is 3.48. The maximum atomic E-state index is 12.4. The van der Waals surface area contributed by atoms with Crippen LogP contribution in [0.25, 0.3) is 0 Å². The topological polar surface area (TPSA) is 74.8 Å². The highest BCUT2D eigenvalue weighted by Crippen LogP contribution is 2.28. The van der Waals surface area contributed by atoms with Crippen molar-refractivity contribution in [2.75, 3.05) is 26.2 Å². The van der Waals surface area contributed by atoms with Crippen molar-refractivity contribution < 1.29 is 19.2 Å². The van der Waals surface area contributed by atoms with Crippen LogP contribution in [0.1, 0.15) is 32.6 Å². The number of ketones is 2. The van der Waals surface area contributed by atoms with Crippen LogP contribution < -0.4 is 0 Å². The third-order valence-corrected chi connectivity index (χ3v) is 4.92. The van der Waals surface area contributed by atoms with E-state index in [-0.39, 0.29) is 41.1 Å². The van der Waals surface area contributed by atoms with Gasteiger partial charge in [0.25, 0.3) is 0 Å². The van der Waals surface area contributed by atoms with Gasteiger partial charge in [-0.05, 0) is 5.92 Å². The third-order valence-electron chi connectivity index (χ3n) is 4.92. The van der Waals surface area contributed by atoms with Gasteiger partial charge in [0, 0.05) is 51.9 Å². The normalized spacial score (nSPS) is 24.8. The lowest BCUT2D eigenvalue weighted by Crippen LogP contribution is -2.45. The second-order valence-corrected chi connectivity index (χ2v) is 6.96. The zero-order valence-corrected chi connectivity index (χ0v) is 12.9. The second kappa shape index (κ2) is 5.82. The zero-order chi connectivity index (χ0) is 15.9. The Morgan fingerprint density at radius 3 is 1.50 bits per heavy atom. The largest absolute Gasteiger partial charge is 0.340 e. The lowest BCUT2D eigenvalue weighted by molar-refractivity contribution is -0.146. The molecule has 3 aliphatic rings. The summed E-state index contributed by atoms with van der Waals surface area (Å²) >= 11 is 0. The maximum absolute atomic E-state index is 12.4. The van der Waals surface area contributed by atoms with Crippen molar-refractivity contribution in [2.45, 2.75) is 32.6 Å². The highest BCUT2D eigenvalue weighted by Gasteiger charge is 2.39. The molecular weight excluding hydrogens is 284 g/mol. The Labute approximate surface area is 129 Å². The molecule has 0 atom stereocenters. The number of hydrogen-bond donors (Lipinski definition) is 0. The van der Waals surface area contributed by atoms with Crippen LogP contribution in [-0.4, -0.2) is 59.4 Å². The maximum Gasteiger partial charge on any atom is 0.226 e. The summed E-state index contributed by atoms with van der Waals surface area (Å²) in [6.07, 6.45) is 1.49. The van der Waals surface area contributed by atoms with Crippen LogP contribution in [0.5, 0.6) is 0 Å². The number of carbonyl (C=O) groups is 4. The molecule has 0 spiro atoms. The molecule has 2 saturated carbocycles. The number of hydrogen-bond acceptors (Lipinski definition) is 4.